The molecule has 0 bridgehead atoms. The monoisotopic (exact) mass is 299 g/mol. The highest BCUT2D eigenvalue weighted by Gasteiger charge is 2.16. The molecule has 0 radical (unpaired) electrons. The lowest BCUT2D eigenvalue weighted by atomic mass is 10.2. The van der Waals surface area contributed by atoms with E-state index >= 15 is 0 Å². The second-order valence-electron chi connectivity index (χ2n) is 4.60. The van der Waals surface area contributed by atoms with Gasteiger partial charge < -0.3 is 14.8 Å². The van der Waals surface area contributed by atoms with Crippen LogP contribution in [0.25, 0.3) is 0 Å². The largest absolute Gasteiger partial charge is 0.454 e. The van der Waals surface area contributed by atoms with Gasteiger partial charge in [-0.25, -0.2) is 0 Å². The van der Waals surface area contributed by atoms with E-state index in [9.17, 15) is 0 Å². The van der Waals surface area contributed by atoms with Crippen molar-refractivity contribution in [3.8, 4) is 11.5 Å². The minimum absolute atomic E-state index is 0.304. The Kier molecular flexibility index (Phi) is 4.36. The predicted molar refractivity (Wildman–Crippen MR) is 87.3 cm³/mol. The van der Waals surface area contributed by atoms with Crippen molar-refractivity contribution in [1.29, 1.82) is 0 Å². The van der Waals surface area contributed by atoms with E-state index in [0.29, 0.717) is 13.3 Å². The van der Waals surface area contributed by atoms with Crippen molar-refractivity contribution in [2.24, 2.45) is 0 Å². The summed E-state index contributed by atoms with van der Waals surface area (Å²) < 4.78 is 10.9. The van der Waals surface area contributed by atoms with Gasteiger partial charge in [0, 0.05) is 28.4 Å². The van der Waals surface area contributed by atoms with Crippen LogP contribution < -0.4 is 14.8 Å². The molecule has 1 aliphatic heterocycles. The number of benzene rings is 2. The van der Waals surface area contributed by atoms with Gasteiger partial charge in [-0.1, -0.05) is 30.3 Å². The average Bonchev–Trinajstić information content (AvgIpc) is 3.01. The third-order valence-corrected chi connectivity index (χ3v) is 4.26. The van der Waals surface area contributed by atoms with Crippen LogP contribution in [0, 0.1) is 0 Å². The highest BCUT2D eigenvalue weighted by molar-refractivity contribution is 7.99. The van der Waals surface area contributed by atoms with Crippen LogP contribution in [0.15, 0.2) is 60.0 Å². The summed E-state index contributed by atoms with van der Waals surface area (Å²) in [5.74, 6) is 2.57. The number of thioether (sulfide) groups is 1. The van der Waals surface area contributed by atoms with E-state index in [-0.39, 0.29) is 0 Å². The fraction of sp³-hybridized carbons (Fsp3) is 0.176. The zero-order valence-corrected chi connectivity index (χ0v) is 12.5. The van der Waals surface area contributed by atoms with E-state index in [2.05, 4.69) is 30.1 Å². The molecule has 0 saturated heterocycles. The summed E-state index contributed by atoms with van der Waals surface area (Å²) in [6.45, 7) is 4.78. The normalized spacial score (nSPS) is 12.2. The lowest BCUT2D eigenvalue weighted by Crippen LogP contribution is -2.02. The zero-order valence-electron chi connectivity index (χ0n) is 11.7. The zero-order chi connectivity index (χ0) is 14.5. The summed E-state index contributed by atoms with van der Waals surface area (Å²) in [5, 5.41) is 3.48. The molecule has 1 heterocycles. The van der Waals surface area contributed by atoms with Crippen molar-refractivity contribution in [2.75, 3.05) is 17.9 Å². The van der Waals surface area contributed by atoms with E-state index in [1.54, 1.807) is 11.8 Å². The Bertz CT molecular complexity index is 642. The van der Waals surface area contributed by atoms with E-state index < -0.39 is 0 Å². The second-order valence-corrected chi connectivity index (χ2v) is 5.66. The molecule has 0 aliphatic carbocycles. The SMILES string of the molecule is C=CCSc1ccccc1NCc1cccc2c1OCO2. The van der Waals surface area contributed by atoms with Gasteiger partial charge in [-0.05, 0) is 18.2 Å². The molecule has 0 saturated carbocycles. The molecule has 0 aromatic heterocycles. The summed E-state index contributed by atoms with van der Waals surface area (Å²) in [5.41, 5.74) is 2.23. The van der Waals surface area contributed by atoms with Gasteiger partial charge >= 0.3 is 0 Å². The van der Waals surface area contributed by atoms with Crippen molar-refractivity contribution in [2.45, 2.75) is 11.4 Å². The van der Waals surface area contributed by atoms with Crippen LogP contribution in [0.3, 0.4) is 0 Å². The number of nitrogens with one attached hydrogen (secondary N) is 1. The Labute approximate surface area is 129 Å². The number of rotatable bonds is 6. The van der Waals surface area contributed by atoms with E-state index in [4.69, 9.17) is 9.47 Å². The summed E-state index contributed by atoms with van der Waals surface area (Å²) in [6.07, 6.45) is 1.91. The average molecular weight is 299 g/mol. The smallest absolute Gasteiger partial charge is 0.231 e. The number of anilines is 1. The number of ether oxygens (including phenoxy) is 2. The third-order valence-electron chi connectivity index (χ3n) is 3.19. The number of hydrogen-bond acceptors (Lipinski definition) is 4. The van der Waals surface area contributed by atoms with Gasteiger partial charge in [-0.15, -0.1) is 18.3 Å². The van der Waals surface area contributed by atoms with Crippen molar-refractivity contribution < 1.29 is 9.47 Å². The molecule has 108 valence electrons. The van der Waals surface area contributed by atoms with Gasteiger partial charge in [0.2, 0.25) is 6.79 Å². The summed E-state index contributed by atoms with van der Waals surface area (Å²) >= 11 is 1.77. The highest BCUT2D eigenvalue weighted by Crippen LogP contribution is 2.36. The quantitative estimate of drug-likeness (QED) is 0.636. The molecule has 0 amide bonds. The van der Waals surface area contributed by atoms with Gasteiger partial charge in [-0.2, -0.15) is 0 Å². The first-order valence-corrected chi connectivity index (χ1v) is 7.81. The molecule has 0 fully saturated rings. The van der Waals surface area contributed by atoms with Gasteiger partial charge in [0.05, 0.1) is 0 Å². The Hall–Kier alpha value is -2.07. The predicted octanol–water partition coefficient (Wildman–Crippen LogP) is 4.31. The molecule has 3 nitrogen and oxygen atoms in total. The summed E-state index contributed by atoms with van der Waals surface area (Å²) in [7, 11) is 0. The van der Waals surface area contributed by atoms with E-state index in [1.165, 1.54) is 4.90 Å². The molecular formula is C17H17NO2S. The van der Waals surface area contributed by atoms with Gasteiger partial charge in [0.25, 0.3) is 0 Å². The number of para-hydroxylation sites is 2. The van der Waals surface area contributed by atoms with Crippen molar-refractivity contribution >= 4 is 17.4 Å². The lowest BCUT2D eigenvalue weighted by Gasteiger charge is -2.12. The Morgan fingerprint density at radius 2 is 2.05 bits per heavy atom. The Morgan fingerprint density at radius 3 is 2.95 bits per heavy atom. The molecular weight excluding hydrogens is 282 g/mol. The molecule has 2 aromatic rings. The van der Waals surface area contributed by atoms with Gasteiger partial charge in [0.1, 0.15) is 0 Å². The van der Waals surface area contributed by atoms with Crippen LogP contribution in [0.1, 0.15) is 5.56 Å². The van der Waals surface area contributed by atoms with Crippen molar-refractivity contribution in [3.05, 3.63) is 60.7 Å². The third kappa shape index (κ3) is 3.16. The standard InChI is InChI=1S/C17H17NO2S/c1-2-10-21-16-9-4-3-7-14(16)18-11-13-6-5-8-15-17(13)20-12-19-15/h2-9,18H,1,10-12H2. The molecule has 0 unspecified atom stereocenters. The minimum Gasteiger partial charge on any atom is -0.454 e. The summed E-state index contributed by atoms with van der Waals surface area (Å²) in [4.78, 5) is 1.22. The molecule has 3 rings (SSSR count). The maximum atomic E-state index is 5.53. The van der Waals surface area contributed by atoms with Gasteiger partial charge in [-0.3, -0.25) is 0 Å². The van der Waals surface area contributed by atoms with Crippen LogP contribution in [0.5, 0.6) is 11.5 Å². The topological polar surface area (TPSA) is 30.5 Å². The minimum atomic E-state index is 0.304. The maximum Gasteiger partial charge on any atom is 0.231 e. The second kappa shape index (κ2) is 6.59. The highest BCUT2D eigenvalue weighted by atomic mass is 32.2. The molecule has 2 aromatic carbocycles. The first-order valence-electron chi connectivity index (χ1n) is 6.82. The van der Waals surface area contributed by atoms with Gasteiger partial charge in [0.15, 0.2) is 11.5 Å². The maximum absolute atomic E-state index is 5.53. The number of fused-ring (bicyclic) bond motifs is 1. The fourth-order valence-electron chi connectivity index (χ4n) is 2.21. The van der Waals surface area contributed by atoms with Crippen LogP contribution >= 0.6 is 11.8 Å². The van der Waals surface area contributed by atoms with E-state index in [0.717, 1.165) is 28.5 Å². The van der Waals surface area contributed by atoms with Crippen molar-refractivity contribution in [3.63, 3.8) is 0 Å². The molecule has 21 heavy (non-hydrogen) atoms. The molecule has 0 spiro atoms. The number of hydrogen-bond donors (Lipinski definition) is 1. The van der Waals surface area contributed by atoms with Crippen LogP contribution in [0.2, 0.25) is 0 Å². The van der Waals surface area contributed by atoms with Crippen LogP contribution in [-0.4, -0.2) is 12.5 Å². The lowest BCUT2D eigenvalue weighted by molar-refractivity contribution is 0.173. The molecule has 0 atom stereocenters. The first kappa shape index (κ1) is 13.9. The van der Waals surface area contributed by atoms with Crippen LogP contribution in [-0.2, 0) is 6.54 Å². The Morgan fingerprint density at radius 1 is 1.14 bits per heavy atom. The molecule has 1 aliphatic rings. The van der Waals surface area contributed by atoms with Crippen LogP contribution in [0.4, 0.5) is 5.69 Å². The first-order chi connectivity index (χ1) is 10.4. The van der Waals surface area contributed by atoms with E-state index in [1.807, 2.05) is 30.3 Å². The molecule has 4 heteroatoms. The summed E-state index contributed by atoms with van der Waals surface area (Å²) in [6, 6.07) is 14.3. The fourth-order valence-corrected chi connectivity index (χ4v) is 2.98. The Balaban J connectivity index is 1.73. The van der Waals surface area contributed by atoms with Crippen molar-refractivity contribution in [1.82, 2.24) is 0 Å². The molecule has 1 N–H and O–H groups in total.